The van der Waals surface area contributed by atoms with E-state index in [2.05, 4.69) is 15.5 Å². The summed E-state index contributed by atoms with van der Waals surface area (Å²) in [7, 11) is -2.64. The average molecular weight is 540 g/mol. The second-order valence-corrected chi connectivity index (χ2v) is 11.1. The van der Waals surface area contributed by atoms with Crippen molar-refractivity contribution in [1.29, 1.82) is 0 Å². The normalized spacial score (nSPS) is 12.9. The first kappa shape index (κ1) is 27.5. The fraction of sp³-hybridized carbons (Fsp3) is 0.429. The molecule has 0 fully saturated rings. The zero-order valence-corrected chi connectivity index (χ0v) is 21.7. The third kappa shape index (κ3) is 7.44. The lowest BCUT2D eigenvalue weighted by atomic mass is 10.1. The van der Waals surface area contributed by atoms with Crippen LogP contribution in [0.15, 0.2) is 35.7 Å². The van der Waals surface area contributed by atoms with Gasteiger partial charge in [0, 0.05) is 12.4 Å². The largest absolute Gasteiger partial charge is 0.443 e. The van der Waals surface area contributed by atoms with Crippen molar-refractivity contribution in [2.45, 2.75) is 38.6 Å². The number of carbonyl (C=O) groups excluding carboxylic acids is 2. The van der Waals surface area contributed by atoms with E-state index in [1.807, 2.05) is 30.3 Å². The van der Waals surface area contributed by atoms with Crippen molar-refractivity contribution >= 4 is 38.3 Å². The van der Waals surface area contributed by atoms with Crippen LogP contribution in [0.5, 0.6) is 0 Å². The van der Waals surface area contributed by atoms with Gasteiger partial charge < -0.3 is 20.5 Å². The zero-order chi connectivity index (χ0) is 26.5. The predicted molar refractivity (Wildman–Crippen MR) is 132 cm³/mol. The monoisotopic (exact) mass is 539 g/mol. The summed E-state index contributed by atoms with van der Waals surface area (Å²) in [5, 5.41) is 17.9. The molecule has 0 spiro atoms. The highest BCUT2D eigenvalue weighted by Gasteiger charge is 2.29. The maximum absolute atomic E-state index is 12.7. The minimum absolute atomic E-state index is 0.0731. The maximum atomic E-state index is 12.7. The molecule has 2 amide bonds. The van der Waals surface area contributed by atoms with E-state index in [9.17, 15) is 18.0 Å². The Kier molecular flexibility index (Phi) is 8.63. The van der Waals surface area contributed by atoms with Gasteiger partial charge in [0.2, 0.25) is 20.9 Å². The number of benzene rings is 1. The van der Waals surface area contributed by atoms with Crippen molar-refractivity contribution in [1.82, 2.24) is 24.8 Å². The molecule has 3 aromatic rings. The summed E-state index contributed by atoms with van der Waals surface area (Å²) in [5.74, 6) is -0.744. The molecule has 2 aromatic heterocycles. The Morgan fingerprint density at radius 1 is 1.22 bits per heavy atom. The van der Waals surface area contributed by atoms with E-state index in [1.165, 1.54) is 18.4 Å². The van der Waals surface area contributed by atoms with Gasteiger partial charge in [-0.25, -0.2) is 18.4 Å². The van der Waals surface area contributed by atoms with E-state index in [0.29, 0.717) is 23.1 Å². The van der Waals surface area contributed by atoms with Gasteiger partial charge in [0.15, 0.2) is 5.82 Å². The van der Waals surface area contributed by atoms with Crippen LogP contribution in [0.2, 0.25) is 0 Å². The van der Waals surface area contributed by atoms with Gasteiger partial charge in [-0.05, 0) is 19.4 Å². The molecule has 13 nitrogen and oxygen atoms in total. The van der Waals surface area contributed by atoms with Crippen LogP contribution in [0, 0.1) is 0 Å². The summed E-state index contributed by atoms with van der Waals surface area (Å²) in [4.78, 5) is 26.2. The van der Waals surface area contributed by atoms with Crippen LogP contribution in [0.3, 0.4) is 0 Å². The van der Waals surface area contributed by atoms with E-state index in [0.717, 1.165) is 10.5 Å². The van der Waals surface area contributed by atoms with E-state index in [1.54, 1.807) is 23.6 Å². The lowest BCUT2D eigenvalue weighted by molar-refractivity contribution is -0.126. The molecule has 0 bridgehead atoms. The minimum Gasteiger partial charge on any atom is -0.443 e. The number of ether oxygens (including phenoxy) is 2. The number of nitrogens with one attached hydrogen (secondary N) is 1. The third-order valence-corrected chi connectivity index (χ3v) is 6.49. The van der Waals surface area contributed by atoms with Crippen molar-refractivity contribution < 1.29 is 27.5 Å². The molecule has 36 heavy (non-hydrogen) atoms. The smallest absolute Gasteiger partial charge is 0.410 e. The molecule has 1 aromatic carbocycles. The van der Waals surface area contributed by atoms with Gasteiger partial charge >= 0.3 is 6.09 Å². The second-order valence-electron chi connectivity index (χ2n) is 8.70. The number of thiazole rings is 1. The number of hydrogen-bond donors (Lipinski definition) is 3. The molecular formula is C21H29N7O6S2. The van der Waals surface area contributed by atoms with Crippen LogP contribution in [0.1, 0.15) is 37.0 Å². The molecule has 0 radical (unpaired) electrons. The number of carbonyl (C=O) groups is 2. The Bertz CT molecular complexity index is 1300. The maximum Gasteiger partial charge on any atom is 0.410 e. The van der Waals surface area contributed by atoms with E-state index in [-0.39, 0.29) is 13.2 Å². The quantitative estimate of drug-likeness (QED) is 0.316. The van der Waals surface area contributed by atoms with Crippen LogP contribution >= 0.6 is 11.3 Å². The number of nitrogens with zero attached hydrogens (tertiary/aromatic N) is 4. The first-order valence-corrected chi connectivity index (χ1v) is 13.4. The molecule has 0 aliphatic heterocycles. The Labute approximate surface area is 212 Å². The number of nitrogens with two attached hydrogens (primary N) is 2. The Hall–Kier alpha value is -3.11. The zero-order valence-electron chi connectivity index (χ0n) is 20.1. The van der Waals surface area contributed by atoms with Crippen molar-refractivity contribution in [3.05, 3.63) is 52.8 Å². The van der Waals surface area contributed by atoms with Gasteiger partial charge in [0.25, 0.3) is 0 Å². The molecule has 0 saturated heterocycles. The van der Waals surface area contributed by atoms with Crippen LogP contribution in [0.4, 0.5) is 4.79 Å². The number of fused-ring (bicyclic) bond motifs is 1. The molecule has 0 aliphatic rings. The average Bonchev–Trinajstić information content (AvgIpc) is 3.38. The van der Waals surface area contributed by atoms with Crippen molar-refractivity contribution in [3.63, 3.8) is 0 Å². The van der Waals surface area contributed by atoms with Gasteiger partial charge in [0.05, 0.1) is 24.4 Å². The summed E-state index contributed by atoms with van der Waals surface area (Å²) in [6.45, 7) is 3.34. The lowest BCUT2D eigenvalue weighted by Crippen LogP contribution is -2.51. The SMILES string of the molecule is CN(CS(N)(=O)=O)C(=O)OCc1csc2nnc([C@@H](COCc3ccccc3)NC(=O)C(C)(C)N)n12. The molecule has 5 N–H and O–H groups in total. The topological polar surface area (TPSA) is 184 Å². The third-order valence-electron chi connectivity index (χ3n) is 4.87. The molecule has 3 rings (SSSR count). The van der Waals surface area contributed by atoms with Crippen LogP contribution in [-0.4, -0.2) is 65.0 Å². The second kappa shape index (κ2) is 11.3. The van der Waals surface area contributed by atoms with Gasteiger partial charge in [-0.1, -0.05) is 30.3 Å². The summed E-state index contributed by atoms with van der Waals surface area (Å²) < 4.78 is 35.2. The highest BCUT2D eigenvalue weighted by molar-refractivity contribution is 7.89. The fourth-order valence-corrected chi connectivity index (χ4v) is 4.55. The van der Waals surface area contributed by atoms with E-state index >= 15 is 0 Å². The molecule has 1 atom stereocenters. The summed E-state index contributed by atoms with van der Waals surface area (Å²) in [6, 6.07) is 8.83. The number of sulfonamides is 1. The number of primary sulfonamides is 1. The molecule has 0 unspecified atom stereocenters. The summed E-state index contributed by atoms with van der Waals surface area (Å²) in [6.07, 6.45) is -0.876. The van der Waals surface area contributed by atoms with Crippen LogP contribution in [0.25, 0.3) is 4.96 Å². The molecule has 15 heteroatoms. The predicted octanol–water partition coefficient (Wildman–Crippen LogP) is 0.717. The van der Waals surface area contributed by atoms with E-state index < -0.39 is 39.5 Å². The van der Waals surface area contributed by atoms with E-state index in [4.69, 9.17) is 20.3 Å². The van der Waals surface area contributed by atoms with Gasteiger partial charge in [-0.3, -0.25) is 14.1 Å². The standard InChI is InChI=1S/C21H29N7O6S2/c1-21(2,22)18(29)24-16(11-33-9-14-7-5-4-6-8-14)17-25-26-19-28(17)15(12-35-19)10-34-20(30)27(3)13-36(23,31)32/h4-8,12,16H,9-11,13,22H2,1-3H3,(H,24,29)(H2,23,31,32)/t16-/m1/s1. The van der Waals surface area contributed by atoms with Crippen LogP contribution in [-0.2, 0) is 37.5 Å². The molecular weight excluding hydrogens is 510 g/mol. The molecule has 2 heterocycles. The Balaban J connectivity index is 1.80. The Morgan fingerprint density at radius 2 is 1.92 bits per heavy atom. The lowest BCUT2D eigenvalue weighted by Gasteiger charge is -2.23. The molecule has 196 valence electrons. The number of aromatic nitrogens is 3. The van der Waals surface area contributed by atoms with Gasteiger partial charge in [-0.2, -0.15) is 0 Å². The number of hydrogen-bond acceptors (Lipinski definition) is 10. The number of amides is 2. The van der Waals surface area contributed by atoms with Crippen molar-refractivity contribution in [2.75, 3.05) is 19.5 Å². The van der Waals surface area contributed by atoms with Crippen molar-refractivity contribution in [3.8, 4) is 0 Å². The first-order chi connectivity index (χ1) is 16.8. The minimum atomic E-state index is -3.90. The first-order valence-electron chi connectivity index (χ1n) is 10.8. The highest BCUT2D eigenvalue weighted by Crippen LogP contribution is 2.22. The molecule has 0 aliphatic carbocycles. The summed E-state index contributed by atoms with van der Waals surface area (Å²) >= 11 is 1.26. The summed E-state index contributed by atoms with van der Waals surface area (Å²) in [5.41, 5.74) is 6.29. The van der Waals surface area contributed by atoms with Crippen LogP contribution < -0.4 is 16.2 Å². The van der Waals surface area contributed by atoms with Gasteiger partial charge in [-0.15, -0.1) is 21.5 Å². The molecule has 0 saturated carbocycles. The highest BCUT2D eigenvalue weighted by atomic mass is 32.2. The fourth-order valence-electron chi connectivity index (χ4n) is 3.09. The Morgan fingerprint density at radius 3 is 2.56 bits per heavy atom. The number of rotatable bonds is 11. The van der Waals surface area contributed by atoms with Gasteiger partial charge in [0.1, 0.15) is 18.5 Å². The van der Waals surface area contributed by atoms with Crippen molar-refractivity contribution in [2.24, 2.45) is 10.9 Å².